The lowest BCUT2D eigenvalue weighted by Gasteiger charge is -2.03. The predicted molar refractivity (Wildman–Crippen MR) is 44.6 cm³/mol. The molecule has 0 aliphatic heterocycles. The molecule has 0 radical (unpaired) electrons. The van der Waals surface area contributed by atoms with Crippen molar-refractivity contribution in [3.63, 3.8) is 0 Å². The van der Waals surface area contributed by atoms with E-state index in [4.69, 9.17) is 4.42 Å². The summed E-state index contributed by atoms with van der Waals surface area (Å²) in [7, 11) is 0. The number of oxazole rings is 1. The van der Waals surface area contributed by atoms with Crippen LogP contribution in [0.5, 0.6) is 0 Å². The fourth-order valence-corrected chi connectivity index (χ4v) is 0.727. The average Bonchev–Trinajstić information content (AvgIpc) is 2.31. The molecule has 3 nitrogen and oxygen atoms in total. The molecule has 0 spiro atoms. The van der Waals surface area contributed by atoms with Crippen LogP contribution in [0.25, 0.3) is 0 Å². The van der Waals surface area contributed by atoms with Gasteiger partial charge in [-0.1, -0.05) is 13.8 Å². The van der Waals surface area contributed by atoms with Crippen LogP contribution in [-0.4, -0.2) is 11.5 Å². The number of aromatic nitrogens is 1. The maximum atomic E-state index is 5.09. The van der Waals surface area contributed by atoms with Gasteiger partial charge in [0.15, 0.2) is 0 Å². The molecule has 0 saturated carbocycles. The SMILES string of the molecule is Cc1coc(NCC(C)C)n1. The van der Waals surface area contributed by atoms with E-state index < -0.39 is 0 Å². The van der Waals surface area contributed by atoms with Gasteiger partial charge in [0.2, 0.25) is 0 Å². The van der Waals surface area contributed by atoms with Crippen molar-refractivity contribution in [2.45, 2.75) is 20.8 Å². The Bertz CT molecular complexity index is 218. The minimum absolute atomic E-state index is 0.613. The fraction of sp³-hybridized carbons (Fsp3) is 0.625. The number of hydrogen-bond donors (Lipinski definition) is 1. The second kappa shape index (κ2) is 3.42. The van der Waals surface area contributed by atoms with Gasteiger partial charge in [0.05, 0.1) is 5.69 Å². The fourth-order valence-electron chi connectivity index (χ4n) is 0.727. The number of nitrogens with one attached hydrogen (secondary N) is 1. The zero-order valence-corrected chi connectivity index (χ0v) is 7.22. The lowest BCUT2D eigenvalue weighted by molar-refractivity contribution is 0.559. The number of nitrogens with zero attached hydrogens (tertiary/aromatic N) is 1. The zero-order valence-electron chi connectivity index (χ0n) is 7.22. The molecule has 0 aliphatic carbocycles. The topological polar surface area (TPSA) is 38.1 Å². The lowest BCUT2D eigenvalue weighted by Crippen LogP contribution is -2.07. The summed E-state index contributed by atoms with van der Waals surface area (Å²) in [5.74, 6) is 0.613. The van der Waals surface area contributed by atoms with Crippen molar-refractivity contribution in [2.75, 3.05) is 11.9 Å². The lowest BCUT2D eigenvalue weighted by atomic mass is 10.2. The first kappa shape index (κ1) is 8.11. The predicted octanol–water partition coefficient (Wildman–Crippen LogP) is 2.05. The Hall–Kier alpha value is -0.990. The van der Waals surface area contributed by atoms with Crippen molar-refractivity contribution in [3.8, 4) is 0 Å². The molecule has 0 unspecified atom stereocenters. The molecule has 0 atom stereocenters. The molecule has 0 amide bonds. The van der Waals surface area contributed by atoms with Crippen LogP contribution in [0.4, 0.5) is 6.01 Å². The molecule has 0 saturated heterocycles. The minimum Gasteiger partial charge on any atom is -0.432 e. The molecule has 3 heteroatoms. The second-order valence-corrected chi connectivity index (χ2v) is 3.07. The highest BCUT2D eigenvalue weighted by Crippen LogP contribution is 2.06. The van der Waals surface area contributed by atoms with E-state index >= 15 is 0 Å². The third kappa shape index (κ3) is 2.62. The van der Waals surface area contributed by atoms with Gasteiger partial charge in [-0.2, -0.15) is 4.98 Å². The maximum Gasteiger partial charge on any atom is 0.294 e. The van der Waals surface area contributed by atoms with Crippen molar-refractivity contribution in [1.29, 1.82) is 0 Å². The molecular weight excluding hydrogens is 140 g/mol. The van der Waals surface area contributed by atoms with Crippen molar-refractivity contribution in [1.82, 2.24) is 4.98 Å². The first-order chi connectivity index (χ1) is 5.18. The van der Waals surface area contributed by atoms with Crippen LogP contribution >= 0.6 is 0 Å². The molecule has 1 N–H and O–H groups in total. The van der Waals surface area contributed by atoms with Gasteiger partial charge in [0.25, 0.3) is 6.01 Å². The molecule has 0 bridgehead atoms. The standard InChI is InChI=1S/C8H14N2O/c1-6(2)4-9-8-10-7(3)5-11-8/h5-6H,4H2,1-3H3,(H,9,10). The summed E-state index contributed by atoms with van der Waals surface area (Å²) in [6, 6.07) is 0.621. The summed E-state index contributed by atoms with van der Waals surface area (Å²) in [5, 5.41) is 3.09. The van der Waals surface area contributed by atoms with Gasteiger partial charge in [0.1, 0.15) is 6.26 Å². The number of anilines is 1. The molecule has 62 valence electrons. The first-order valence-corrected chi connectivity index (χ1v) is 3.84. The van der Waals surface area contributed by atoms with Crippen molar-refractivity contribution in [2.24, 2.45) is 5.92 Å². The monoisotopic (exact) mass is 154 g/mol. The van der Waals surface area contributed by atoms with Gasteiger partial charge >= 0.3 is 0 Å². The first-order valence-electron chi connectivity index (χ1n) is 3.84. The van der Waals surface area contributed by atoms with Crippen LogP contribution in [0.3, 0.4) is 0 Å². The molecule has 1 aromatic rings. The minimum atomic E-state index is 0.613. The van der Waals surface area contributed by atoms with Crippen LogP contribution in [-0.2, 0) is 0 Å². The van der Waals surface area contributed by atoms with E-state index in [0.717, 1.165) is 12.2 Å². The van der Waals surface area contributed by atoms with E-state index in [1.54, 1.807) is 6.26 Å². The molecule has 1 aromatic heterocycles. The highest BCUT2D eigenvalue weighted by atomic mass is 16.4. The van der Waals surface area contributed by atoms with Crippen molar-refractivity contribution in [3.05, 3.63) is 12.0 Å². The van der Waals surface area contributed by atoms with E-state index in [1.807, 2.05) is 6.92 Å². The van der Waals surface area contributed by atoms with E-state index in [-0.39, 0.29) is 0 Å². The summed E-state index contributed by atoms with van der Waals surface area (Å²) in [4.78, 5) is 4.10. The quantitative estimate of drug-likeness (QED) is 0.724. The third-order valence-electron chi connectivity index (χ3n) is 1.28. The molecule has 0 fully saturated rings. The Morgan fingerprint density at radius 2 is 2.36 bits per heavy atom. The summed E-state index contributed by atoms with van der Waals surface area (Å²) in [6.07, 6.45) is 1.64. The summed E-state index contributed by atoms with van der Waals surface area (Å²) >= 11 is 0. The smallest absolute Gasteiger partial charge is 0.294 e. The van der Waals surface area contributed by atoms with Gasteiger partial charge in [-0.05, 0) is 12.8 Å². The van der Waals surface area contributed by atoms with Gasteiger partial charge in [-0.3, -0.25) is 0 Å². The third-order valence-corrected chi connectivity index (χ3v) is 1.28. The summed E-state index contributed by atoms with van der Waals surface area (Å²) in [5.41, 5.74) is 0.913. The van der Waals surface area contributed by atoms with Crippen molar-refractivity contribution >= 4 is 6.01 Å². The molecule has 1 heterocycles. The van der Waals surface area contributed by atoms with Gasteiger partial charge < -0.3 is 9.73 Å². The summed E-state index contributed by atoms with van der Waals surface area (Å²) in [6.45, 7) is 7.09. The average molecular weight is 154 g/mol. The highest BCUT2D eigenvalue weighted by molar-refractivity contribution is 5.20. The molecule has 11 heavy (non-hydrogen) atoms. The van der Waals surface area contributed by atoms with Crippen LogP contribution in [0.15, 0.2) is 10.7 Å². The van der Waals surface area contributed by atoms with Gasteiger partial charge in [0, 0.05) is 6.54 Å². The Labute approximate surface area is 66.8 Å². The Morgan fingerprint density at radius 3 is 2.82 bits per heavy atom. The zero-order chi connectivity index (χ0) is 8.27. The van der Waals surface area contributed by atoms with E-state index in [0.29, 0.717) is 11.9 Å². The van der Waals surface area contributed by atoms with Crippen molar-refractivity contribution < 1.29 is 4.42 Å². The van der Waals surface area contributed by atoms with Crippen LogP contribution in [0.2, 0.25) is 0 Å². The highest BCUT2D eigenvalue weighted by Gasteiger charge is 1.99. The largest absolute Gasteiger partial charge is 0.432 e. The van der Waals surface area contributed by atoms with Crippen LogP contribution in [0, 0.1) is 12.8 Å². The number of hydrogen-bond acceptors (Lipinski definition) is 3. The molecular formula is C8H14N2O. The molecule has 0 aromatic carbocycles. The van der Waals surface area contributed by atoms with E-state index in [1.165, 1.54) is 0 Å². The van der Waals surface area contributed by atoms with Crippen LogP contribution in [0.1, 0.15) is 19.5 Å². The maximum absolute atomic E-state index is 5.09. The van der Waals surface area contributed by atoms with Crippen LogP contribution < -0.4 is 5.32 Å². The Morgan fingerprint density at radius 1 is 1.64 bits per heavy atom. The second-order valence-electron chi connectivity index (χ2n) is 3.07. The molecule has 1 rings (SSSR count). The van der Waals surface area contributed by atoms with E-state index in [2.05, 4.69) is 24.1 Å². The normalized spacial score (nSPS) is 10.5. The Kier molecular flexibility index (Phi) is 2.52. The summed E-state index contributed by atoms with van der Waals surface area (Å²) < 4.78 is 5.09. The molecule has 0 aliphatic rings. The van der Waals surface area contributed by atoms with E-state index in [9.17, 15) is 0 Å². The number of rotatable bonds is 3. The Balaban J connectivity index is 2.39. The van der Waals surface area contributed by atoms with Gasteiger partial charge in [-0.15, -0.1) is 0 Å². The van der Waals surface area contributed by atoms with Gasteiger partial charge in [-0.25, -0.2) is 0 Å². The number of aryl methyl sites for hydroxylation is 1.